The van der Waals surface area contributed by atoms with Crippen LogP contribution in [0.25, 0.3) is 5.76 Å². The highest BCUT2D eigenvalue weighted by atomic mass is 35.5. The monoisotopic (exact) mass is 532 g/mol. The molecule has 196 valence electrons. The highest BCUT2D eigenvalue weighted by Gasteiger charge is 2.47. The first kappa shape index (κ1) is 25.7. The number of hydrogen-bond acceptors (Lipinski definition) is 6. The number of carbonyl (C=O) groups excluding carboxylic acids is 2. The largest absolute Gasteiger partial charge is 0.507 e. The Morgan fingerprint density at radius 1 is 0.921 bits per heavy atom. The Hall–Kier alpha value is -3.97. The average molecular weight is 533 g/mol. The number of aliphatic hydroxyl groups excluding tert-OH is 1. The number of carbonyl (C=O) groups is 2. The summed E-state index contributed by atoms with van der Waals surface area (Å²) in [6, 6.07) is 17.3. The lowest BCUT2D eigenvalue weighted by Gasteiger charge is -2.27. The van der Waals surface area contributed by atoms with E-state index in [-0.39, 0.29) is 27.7 Å². The van der Waals surface area contributed by atoms with Crippen LogP contribution in [0.4, 0.5) is 11.4 Å². The number of aryl methyl sites for hydroxylation is 1. The topological polar surface area (TPSA) is 79.3 Å². The van der Waals surface area contributed by atoms with Crippen LogP contribution in [-0.2, 0) is 9.59 Å². The van der Waals surface area contributed by atoms with E-state index in [2.05, 4.69) is 4.90 Å². The predicted molar refractivity (Wildman–Crippen MR) is 148 cm³/mol. The van der Waals surface area contributed by atoms with Crippen LogP contribution in [0.5, 0.6) is 11.5 Å². The number of aliphatic hydroxyl groups is 1. The second kappa shape index (κ2) is 10.4. The number of methoxy groups -OCH3 is 2. The van der Waals surface area contributed by atoms with E-state index in [1.165, 1.54) is 31.3 Å². The summed E-state index contributed by atoms with van der Waals surface area (Å²) in [7, 11) is 2.91. The molecule has 1 unspecified atom stereocenters. The fourth-order valence-electron chi connectivity index (χ4n) is 5.28. The molecule has 2 aliphatic rings. The lowest BCUT2D eigenvalue weighted by atomic mass is 9.92. The summed E-state index contributed by atoms with van der Waals surface area (Å²) < 4.78 is 10.7. The molecule has 0 spiro atoms. The van der Waals surface area contributed by atoms with Crippen LogP contribution in [0.1, 0.15) is 35.6 Å². The minimum Gasteiger partial charge on any atom is -0.507 e. The van der Waals surface area contributed by atoms with Crippen molar-refractivity contribution in [3.8, 4) is 11.5 Å². The Balaban J connectivity index is 1.68. The summed E-state index contributed by atoms with van der Waals surface area (Å²) in [5, 5.41) is 11.8. The number of Topliss-reactive ketones (excluding diaryl/α,β-unsaturated/α-hetero) is 1. The maximum Gasteiger partial charge on any atom is 0.300 e. The molecule has 0 aliphatic carbocycles. The number of ketones is 1. The molecule has 38 heavy (non-hydrogen) atoms. The van der Waals surface area contributed by atoms with Gasteiger partial charge in [0.2, 0.25) is 0 Å². The molecule has 3 aromatic rings. The van der Waals surface area contributed by atoms with Gasteiger partial charge >= 0.3 is 0 Å². The van der Waals surface area contributed by atoms with Gasteiger partial charge in [0.25, 0.3) is 11.7 Å². The van der Waals surface area contributed by atoms with Crippen molar-refractivity contribution >= 4 is 40.4 Å². The Morgan fingerprint density at radius 2 is 1.55 bits per heavy atom. The Morgan fingerprint density at radius 3 is 2.18 bits per heavy atom. The fraction of sp³-hybridized carbons (Fsp3) is 0.267. The van der Waals surface area contributed by atoms with E-state index in [0.29, 0.717) is 11.4 Å². The minimum atomic E-state index is -0.848. The van der Waals surface area contributed by atoms with Crippen molar-refractivity contribution in [2.75, 3.05) is 37.1 Å². The second-order valence-electron chi connectivity index (χ2n) is 9.42. The van der Waals surface area contributed by atoms with Crippen LogP contribution in [-0.4, -0.2) is 44.1 Å². The first-order chi connectivity index (χ1) is 18.3. The highest BCUT2D eigenvalue weighted by Crippen LogP contribution is 2.45. The number of rotatable bonds is 6. The zero-order valence-electron chi connectivity index (χ0n) is 21.5. The van der Waals surface area contributed by atoms with Gasteiger partial charge in [0.15, 0.2) is 0 Å². The van der Waals surface area contributed by atoms with E-state index in [1.807, 2.05) is 55.5 Å². The summed E-state index contributed by atoms with van der Waals surface area (Å²) in [5.41, 5.74) is 3.42. The zero-order chi connectivity index (χ0) is 27.0. The van der Waals surface area contributed by atoms with Gasteiger partial charge in [-0.05, 0) is 61.2 Å². The molecule has 0 saturated carbocycles. The number of amides is 1. The molecule has 0 bridgehead atoms. The summed E-state index contributed by atoms with van der Waals surface area (Å²) in [6.45, 7) is 3.91. The van der Waals surface area contributed by atoms with Gasteiger partial charge in [0, 0.05) is 30.5 Å². The van der Waals surface area contributed by atoms with E-state index >= 15 is 0 Å². The van der Waals surface area contributed by atoms with Crippen LogP contribution in [0.2, 0.25) is 5.02 Å². The minimum absolute atomic E-state index is 0.0348. The van der Waals surface area contributed by atoms with E-state index in [4.69, 9.17) is 21.1 Å². The van der Waals surface area contributed by atoms with Crippen molar-refractivity contribution in [1.82, 2.24) is 0 Å². The van der Waals surface area contributed by atoms with Crippen molar-refractivity contribution in [1.29, 1.82) is 0 Å². The summed E-state index contributed by atoms with van der Waals surface area (Å²) in [5.74, 6) is -1.25. The Labute approximate surface area is 226 Å². The molecule has 2 heterocycles. The van der Waals surface area contributed by atoms with Crippen molar-refractivity contribution in [2.45, 2.75) is 25.8 Å². The van der Waals surface area contributed by atoms with Crippen molar-refractivity contribution in [3.05, 3.63) is 87.9 Å². The summed E-state index contributed by atoms with van der Waals surface area (Å²) in [6.07, 6.45) is 2.31. The van der Waals surface area contributed by atoms with E-state index < -0.39 is 17.7 Å². The molecule has 2 aliphatic heterocycles. The Bertz CT molecular complexity index is 1430. The van der Waals surface area contributed by atoms with Crippen molar-refractivity contribution in [3.63, 3.8) is 0 Å². The van der Waals surface area contributed by atoms with Crippen molar-refractivity contribution < 1.29 is 24.2 Å². The maximum atomic E-state index is 13.6. The van der Waals surface area contributed by atoms with E-state index in [9.17, 15) is 14.7 Å². The normalized spacial score (nSPS) is 18.8. The van der Waals surface area contributed by atoms with E-state index in [0.717, 1.165) is 42.7 Å². The number of halogens is 1. The number of ether oxygens (including phenoxy) is 2. The average Bonchev–Trinajstić information content (AvgIpc) is 3.56. The van der Waals surface area contributed by atoms with Gasteiger partial charge in [-0.3, -0.25) is 14.5 Å². The van der Waals surface area contributed by atoms with Crippen LogP contribution < -0.4 is 19.3 Å². The third kappa shape index (κ3) is 4.37. The maximum absolute atomic E-state index is 13.6. The van der Waals surface area contributed by atoms with Crippen LogP contribution in [0, 0.1) is 6.92 Å². The first-order valence-corrected chi connectivity index (χ1v) is 12.9. The van der Waals surface area contributed by atoms with Crippen LogP contribution in [0.3, 0.4) is 0 Å². The smallest absolute Gasteiger partial charge is 0.300 e. The lowest BCUT2D eigenvalue weighted by Crippen LogP contribution is -2.29. The van der Waals surface area contributed by atoms with Crippen LogP contribution >= 0.6 is 11.6 Å². The quantitative estimate of drug-likeness (QED) is 0.242. The zero-order valence-corrected chi connectivity index (χ0v) is 22.3. The standard InChI is InChI=1S/C30H29ClN2O5/c1-18-8-4-5-9-21(18)27-26(28(34)22-16-23(31)25(38-3)17-24(22)37-2)29(35)30(36)33(27)20-12-10-19(11-13-20)32-14-6-7-15-32/h4-5,8-13,16-17,27,34H,6-7,14-15H2,1-3H3/b28-26+. The molecule has 0 aromatic heterocycles. The Kier molecular flexibility index (Phi) is 7.04. The molecule has 2 fully saturated rings. The number of hydrogen-bond donors (Lipinski definition) is 1. The molecule has 2 saturated heterocycles. The molecular formula is C30H29ClN2O5. The van der Waals surface area contributed by atoms with Gasteiger partial charge in [-0.15, -0.1) is 0 Å². The summed E-state index contributed by atoms with van der Waals surface area (Å²) >= 11 is 6.37. The molecule has 7 nitrogen and oxygen atoms in total. The van der Waals surface area contributed by atoms with Gasteiger partial charge in [-0.25, -0.2) is 0 Å². The third-order valence-electron chi connectivity index (χ3n) is 7.26. The fourth-order valence-corrected chi connectivity index (χ4v) is 5.52. The molecule has 5 rings (SSSR count). The van der Waals surface area contributed by atoms with Gasteiger partial charge in [-0.1, -0.05) is 35.9 Å². The second-order valence-corrected chi connectivity index (χ2v) is 9.83. The van der Waals surface area contributed by atoms with Gasteiger partial charge in [-0.2, -0.15) is 0 Å². The molecule has 3 aromatic carbocycles. The number of anilines is 2. The van der Waals surface area contributed by atoms with Crippen LogP contribution in [0.15, 0.2) is 66.2 Å². The molecule has 1 N–H and O–H groups in total. The van der Waals surface area contributed by atoms with Gasteiger partial charge in [0.05, 0.1) is 36.4 Å². The van der Waals surface area contributed by atoms with Gasteiger partial charge < -0.3 is 19.5 Å². The highest BCUT2D eigenvalue weighted by molar-refractivity contribution is 6.51. The molecular weight excluding hydrogens is 504 g/mol. The SMILES string of the molecule is COc1cc(OC)c(/C(O)=C2\C(=O)C(=O)N(c3ccc(N4CCCC4)cc3)C2c2ccccc2C)cc1Cl. The molecule has 1 atom stereocenters. The first-order valence-electron chi connectivity index (χ1n) is 12.5. The van der Waals surface area contributed by atoms with Gasteiger partial charge in [0.1, 0.15) is 17.3 Å². The number of nitrogens with zero attached hydrogens (tertiary/aromatic N) is 2. The number of benzene rings is 3. The van der Waals surface area contributed by atoms with Crippen molar-refractivity contribution in [2.24, 2.45) is 0 Å². The molecule has 1 amide bonds. The van der Waals surface area contributed by atoms with E-state index in [1.54, 1.807) is 0 Å². The summed E-state index contributed by atoms with van der Waals surface area (Å²) in [4.78, 5) is 30.9. The molecule has 0 radical (unpaired) electrons. The molecule has 8 heteroatoms. The lowest BCUT2D eigenvalue weighted by molar-refractivity contribution is -0.132. The predicted octanol–water partition coefficient (Wildman–Crippen LogP) is 5.89. The third-order valence-corrected chi connectivity index (χ3v) is 7.55.